The van der Waals surface area contributed by atoms with E-state index in [9.17, 15) is 19.8 Å². The first kappa shape index (κ1) is 21.3. The lowest BCUT2D eigenvalue weighted by atomic mass is 9.84. The van der Waals surface area contributed by atoms with E-state index in [1.807, 2.05) is 6.07 Å². The fourth-order valence-corrected chi connectivity index (χ4v) is 4.29. The lowest BCUT2D eigenvalue weighted by molar-refractivity contribution is 0.0691. The van der Waals surface area contributed by atoms with Crippen molar-refractivity contribution < 1.29 is 19.8 Å². The first-order valence-corrected chi connectivity index (χ1v) is 10.7. The van der Waals surface area contributed by atoms with Crippen molar-refractivity contribution in [3.05, 3.63) is 70.8 Å². The summed E-state index contributed by atoms with van der Waals surface area (Å²) < 4.78 is 0. The minimum atomic E-state index is -1.15. The van der Waals surface area contributed by atoms with Crippen LogP contribution in [0.4, 0.5) is 0 Å². The molecule has 0 heterocycles. The molecule has 4 heteroatoms. The molecule has 0 saturated heterocycles. The maximum absolute atomic E-state index is 12.8. The topological polar surface area (TPSA) is 74.6 Å². The zero-order valence-electron chi connectivity index (χ0n) is 16.8. The van der Waals surface area contributed by atoms with Crippen molar-refractivity contribution in [2.45, 2.75) is 63.9 Å². The van der Waals surface area contributed by atoms with Crippen LogP contribution in [-0.2, 0) is 0 Å². The average molecular weight is 395 g/mol. The number of aliphatic hydroxyl groups excluding tert-OH is 1. The molecule has 0 aromatic heterocycles. The number of hydrogen-bond acceptors (Lipinski definition) is 3. The lowest BCUT2D eigenvalue weighted by Gasteiger charge is -2.25. The monoisotopic (exact) mass is 394 g/mol. The van der Waals surface area contributed by atoms with Crippen molar-refractivity contribution in [3.63, 3.8) is 0 Å². The van der Waals surface area contributed by atoms with Crippen LogP contribution in [0.15, 0.2) is 48.5 Å². The van der Waals surface area contributed by atoms with Gasteiger partial charge in [0.05, 0.1) is 11.7 Å². The van der Waals surface area contributed by atoms with Crippen molar-refractivity contribution in [1.82, 2.24) is 0 Å². The first-order valence-electron chi connectivity index (χ1n) is 10.7. The maximum atomic E-state index is 12.8. The van der Waals surface area contributed by atoms with Gasteiger partial charge in [-0.05, 0) is 36.5 Å². The van der Waals surface area contributed by atoms with Crippen LogP contribution in [0.3, 0.4) is 0 Å². The SMILES string of the molecule is O=C(O)c1cc(C(O)C2CCCCCCCCC2)ccc1C(=O)c1ccccc1. The zero-order chi connectivity index (χ0) is 20.6. The van der Waals surface area contributed by atoms with Crippen LogP contribution in [-0.4, -0.2) is 22.0 Å². The summed E-state index contributed by atoms with van der Waals surface area (Å²) in [6.07, 6.45) is 9.57. The standard InChI is InChI=1S/C25H30O4/c26-23(18-11-7-4-2-1-3-5-8-12-18)20-15-16-21(22(17-20)25(28)29)24(27)19-13-9-6-10-14-19/h6,9-10,13-18,23,26H,1-5,7-8,11-12H2,(H,28,29). The summed E-state index contributed by atoms with van der Waals surface area (Å²) in [5.41, 5.74) is 1.16. The van der Waals surface area contributed by atoms with Gasteiger partial charge in [0, 0.05) is 11.1 Å². The van der Waals surface area contributed by atoms with Crippen LogP contribution in [0.5, 0.6) is 0 Å². The van der Waals surface area contributed by atoms with E-state index in [0.717, 1.165) is 25.7 Å². The number of carboxylic acid groups (broad SMARTS) is 1. The molecular weight excluding hydrogens is 364 g/mol. The summed E-state index contributed by atoms with van der Waals surface area (Å²) in [6, 6.07) is 13.4. The fraction of sp³-hybridized carbons (Fsp3) is 0.440. The summed E-state index contributed by atoms with van der Waals surface area (Å²) in [5, 5.41) is 20.7. The molecule has 4 nitrogen and oxygen atoms in total. The van der Waals surface area contributed by atoms with Gasteiger partial charge in [-0.15, -0.1) is 0 Å². The quantitative estimate of drug-likeness (QED) is 0.630. The second kappa shape index (κ2) is 10.4. The third-order valence-electron chi connectivity index (χ3n) is 5.99. The van der Waals surface area contributed by atoms with E-state index in [2.05, 4.69) is 0 Å². The Morgan fingerprint density at radius 3 is 1.97 bits per heavy atom. The average Bonchev–Trinajstić information content (AvgIpc) is 2.76. The molecule has 1 atom stereocenters. The number of carbonyl (C=O) groups is 2. The van der Waals surface area contributed by atoms with Crippen molar-refractivity contribution in [2.24, 2.45) is 5.92 Å². The van der Waals surface area contributed by atoms with Gasteiger partial charge in [0.1, 0.15) is 0 Å². The second-order valence-electron chi connectivity index (χ2n) is 8.06. The predicted molar refractivity (Wildman–Crippen MR) is 113 cm³/mol. The van der Waals surface area contributed by atoms with Crippen molar-refractivity contribution >= 4 is 11.8 Å². The highest BCUT2D eigenvalue weighted by Gasteiger charge is 2.24. The van der Waals surface area contributed by atoms with E-state index in [4.69, 9.17) is 0 Å². The van der Waals surface area contributed by atoms with E-state index in [1.165, 1.54) is 38.2 Å². The van der Waals surface area contributed by atoms with Crippen LogP contribution in [0.2, 0.25) is 0 Å². The van der Waals surface area contributed by atoms with Crippen molar-refractivity contribution in [2.75, 3.05) is 0 Å². The molecule has 0 bridgehead atoms. The number of rotatable bonds is 5. The van der Waals surface area contributed by atoms with E-state index < -0.39 is 12.1 Å². The number of benzene rings is 2. The van der Waals surface area contributed by atoms with Crippen molar-refractivity contribution in [3.8, 4) is 0 Å². The summed E-state index contributed by atoms with van der Waals surface area (Å²) >= 11 is 0. The molecule has 3 rings (SSSR count). The van der Waals surface area contributed by atoms with Gasteiger partial charge in [0.15, 0.2) is 5.78 Å². The van der Waals surface area contributed by atoms with E-state index in [-0.39, 0.29) is 22.8 Å². The van der Waals surface area contributed by atoms with Gasteiger partial charge in [-0.2, -0.15) is 0 Å². The van der Waals surface area contributed by atoms with Gasteiger partial charge >= 0.3 is 5.97 Å². The molecule has 1 aliphatic rings. The predicted octanol–water partition coefficient (Wildman–Crippen LogP) is 5.79. The fourth-order valence-electron chi connectivity index (χ4n) is 4.29. The molecule has 2 aromatic rings. The molecule has 0 aliphatic heterocycles. The maximum Gasteiger partial charge on any atom is 0.336 e. The smallest absolute Gasteiger partial charge is 0.336 e. The Kier molecular flexibility index (Phi) is 7.59. The molecule has 1 aliphatic carbocycles. The van der Waals surface area contributed by atoms with Gasteiger partial charge in [0.25, 0.3) is 0 Å². The normalized spacial score (nSPS) is 17.4. The number of carbonyl (C=O) groups excluding carboxylic acids is 1. The second-order valence-corrected chi connectivity index (χ2v) is 8.06. The summed E-state index contributed by atoms with van der Waals surface area (Å²) in [7, 11) is 0. The van der Waals surface area contributed by atoms with Gasteiger partial charge in [0.2, 0.25) is 0 Å². The third kappa shape index (κ3) is 5.54. The van der Waals surface area contributed by atoms with Gasteiger partial charge in [-0.1, -0.05) is 81.3 Å². The highest BCUT2D eigenvalue weighted by atomic mass is 16.4. The Balaban J connectivity index is 1.84. The third-order valence-corrected chi connectivity index (χ3v) is 5.99. The molecule has 0 amide bonds. The Hall–Kier alpha value is -2.46. The van der Waals surface area contributed by atoms with E-state index >= 15 is 0 Å². The molecule has 1 unspecified atom stereocenters. The minimum absolute atomic E-state index is 0.0460. The first-order chi connectivity index (χ1) is 14.1. The Morgan fingerprint density at radius 2 is 1.38 bits per heavy atom. The molecule has 0 radical (unpaired) electrons. The van der Waals surface area contributed by atoms with Gasteiger partial charge < -0.3 is 10.2 Å². The number of aromatic carboxylic acids is 1. The highest BCUT2D eigenvalue weighted by molar-refractivity contribution is 6.14. The zero-order valence-corrected chi connectivity index (χ0v) is 16.8. The largest absolute Gasteiger partial charge is 0.478 e. The number of carboxylic acids is 1. The number of hydrogen-bond donors (Lipinski definition) is 2. The molecule has 2 aromatic carbocycles. The molecule has 2 N–H and O–H groups in total. The van der Waals surface area contributed by atoms with Crippen LogP contribution in [0, 0.1) is 5.92 Å². The lowest BCUT2D eigenvalue weighted by Crippen LogP contribution is -2.16. The molecular formula is C25H30O4. The Labute approximate surface area is 172 Å². The highest BCUT2D eigenvalue weighted by Crippen LogP contribution is 2.33. The summed E-state index contributed by atoms with van der Waals surface area (Å²) in [5.74, 6) is -1.34. The van der Waals surface area contributed by atoms with Crippen LogP contribution in [0.25, 0.3) is 0 Å². The molecule has 1 saturated carbocycles. The van der Waals surface area contributed by atoms with E-state index in [1.54, 1.807) is 36.4 Å². The van der Waals surface area contributed by atoms with Gasteiger partial charge in [-0.3, -0.25) is 4.79 Å². The molecule has 1 fully saturated rings. The van der Waals surface area contributed by atoms with Crippen LogP contribution < -0.4 is 0 Å². The number of ketones is 1. The summed E-state index contributed by atoms with van der Waals surface area (Å²) in [4.78, 5) is 24.6. The van der Waals surface area contributed by atoms with Gasteiger partial charge in [-0.25, -0.2) is 4.79 Å². The van der Waals surface area contributed by atoms with E-state index in [0.29, 0.717) is 11.1 Å². The molecule has 0 spiro atoms. The Morgan fingerprint density at radius 1 is 0.793 bits per heavy atom. The Bertz CT molecular complexity index is 818. The number of aliphatic hydroxyl groups is 1. The van der Waals surface area contributed by atoms with Crippen molar-refractivity contribution in [1.29, 1.82) is 0 Å². The van der Waals surface area contributed by atoms with Crippen LogP contribution in [0.1, 0.15) is 95.7 Å². The minimum Gasteiger partial charge on any atom is -0.478 e. The molecule has 154 valence electrons. The summed E-state index contributed by atoms with van der Waals surface area (Å²) in [6.45, 7) is 0. The van der Waals surface area contributed by atoms with Crippen LogP contribution >= 0.6 is 0 Å². The molecule has 29 heavy (non-hydrogen) atoms.